The van der Waals surface area contributed by atoms with Crippen LogP contribution in [-0.2, 0) is 7.05 Å². The van der Waals surface area contributed by atoms with Crippen molar-refractivity contribution in [2.24, 2.45) is 7.05 Å². The van der Waals surface area contributed by atoms with Gasteiger partial charge in [-0.2, -0.15) is 5.10 Å². The minimum atomic E-state index is 1.00. The van der Waals surface area contributed by atoms with E-state index in [1.165, 1.54) is 5.56 Å². The van der Waals surface area contributed by atoms with Crippen LogP contribution in [0, 0.1) is 6.92 Å². The maximum Gasteiger partial charge on any atom is 0.0704 e. The van der Waals surface area contributed by atoms with Crippen LogP contribution in [0.25, 0.3) is 22.5 Å². The Bertz CT molecular complexity index is 713. The second-order valence-corrected chi connectivity index (χ2v) is 4.64. The predicted octanol–water partition coefficient (Wildman–Crippen LogP) is 3.46. The van der Waals surface area contributed by atoms with Crippen molar-refractivity contribution in [2.45, 2.75) is 6.92 Å². The van der Waals surface area contributed by atoms with Gasteiger partial charge in [-0.15, -0.1) is 0 Å². The Hall–Kier alpha value is -2.42. The van der Waals surface area contributed by atoms with Gasteiger partial charge in [0.05, 0.1) is 11.4 Å². The summed E-state index contributed by atoms with van der Waals surface area (Å²) in [5, 5.41) is 4.21. The minimum Gasteiger partial charge on any atom is -0.268 e. The van der Waals surface area contributed by atoms with Gasteiger partial charge >= 0.3 is 0 Å². The average Bonchev–Trinajstić information content (AvgIpc) is 2.85. The number of aryl methyl sites for hydroxylation is 2. The van der Waals surface area contributed by atoms with E-state index in [0.717, 1.165) is 22.5 Å². The van der Waals surface area contributed by atoms with E-state index in [1.54, 1.807) is 0 Å². The second-order valence-electron chi connectivity index (χ2n) is 4.64. The molecule has 0 aliphatic heterocycles. The van der Waals surface area contributed by atoms with Crippen molar-refractivity contribution >= 4 is 0 Å². The smallest absolute Gasteiger partial charge is 0.0704 e. The number of hydrogen-bond donors (Lipinski definition) is 0. The zero-order valence-corrected chi connectivity index (χ0v) is 11.0. The van der Waals surface area contributed by atoms with Gasteiger partial charge < -0.3 is 0 Å². The van der Waals surface area contributed by atoms with Crippen molar-refractivity contribution in [2.75, 3.05) is 0 Å². The standard InChI is InChI=1S/C16H15N3/c1-12-6-8-17-15(10-12)13-4-3-5-14(11-13)16-7-9-18-19(16)2/h3-11H,1-2H3. The molecule has 0 saturated carbocycles. The molecule has 3 aromatic rings. The summed E-state index contributed by atoms with van der Waals surface area (Å²) in [7, 11) is 1.95. The van der Waals surface area contributed by atoms with Gasteiger partial charge in [0, 0.05) is 30.6 Å². The maximum absolute atomic E-state index is 4.43. The van der Waals surface area contributed by atoms with Crippen LogP contribution in [0.2, 0.25) is 0 Å². The molecule has 3 heteroatoms. The second kappa shape index (κ2) is 4.69. The Kier molecular flexibility index (Phi) is 2.88. The largest absolute Gasteiger partial charge is 0.268 e. The summed E-state index contributed by atoms with van der Waals surface area (Å²) in [5.74, 6) is 0. The first-order valence-corrected chi connectivity index (χ1v) is 6.25. The van der Waals surface area contributed by atoms with Crippen LogP contribution < -0.4 is 0 Å². The summed E-state index contributed by atoms with van der Waals surface area (Å²) in [6, 6.07) is 14.5. The lowest BCUT2D eigenvalue weighted by molar-refractivity contribution is 0.776. The molecule has 0 radical (unpaired) electrons. The Morgan fingerprint density at radius 3 is 2.53 bits per heavy atom. The monoisotopic (exact) mass is 249 g/mol. The molecule has 0 fully saturated rings. The highest BCUT2D eigenvalue weighted by molar-refractivity contribution is 5.69. The van der Waals surface area contributed by atoms with E-state index in [9.17, 15) is 0 Å². The summed E-state index contributed by atoms with van der Waals surface area (Å²) in [6.07, 6.45) is 3.66. The molecule has 0 bridgehead atoms. The lowest BCUT2D eigenvalue weighted by Gasteiger charge is -2.06. The Morgan fingerprint density at radius 1 is 0.947 bits per heavy atom. The molecule has 0 spiro atoms. The molecule has 0 N–H and O–H groups in total. The van der Waals surface area contributed by atoms with Crippen LogP contribution in [0.3, 0.4) is 0 Å². The van der Waals surface area contributed by atoms with Gasteiger partial charge in [-0.05, 0) is 36.8 Å². The lowest BCUT2D eigenvalue weighted by atomic mass is 10.0. The fraction of sp³-hybridized carbons (Fsp3) is 0.125. The lowest BCUT2D eigenvalue weighted by Crippen LogP contribution is -1.93. The van der Waals surface area contributed by atoms with Crippen molar-refractivity contribution in [3.05, 3.63) is 60.4 Å². The Morgan fingerprint density at radius 2 is 1.79 bits per heavy atom. The fourth-order valence-corrected chi connectivity index (χ4v) is 2.19. The van der Waals surface area contributed by atoms with Gasteiger partial charge in [-0.3, -0.25) is 9.67 Å². The molecule has 3 rings (SSSR count). The van der Waals surface area contributed by atoms with Crippen molar-refractivity contribution in [3.8, 4) is 22.5 Å². The summed E-state index contributed by atoms with van der Waals surface area (Å²) >= 11 is 0. The van der Waals surface area contributed by atoms with E-state index < -0.39 is 0 Å². The van der Waals surface area contributed by atoms with E-state index in [4.69, 9.17) is 0 Å². The molecule has 0 saturated heterocycles. The first-order chi connectivity index (χ1) is 9.24. The van der Waals surface area contributed by atoms with Gasteiger partial charge in [0.2, 0.25) is 0 Å². The van der Waals surface area contributed by atoms with E-state index in [-0.39, 0.29) is 0 Å². The van der Waals surface area contributed by atoms with Crippen molar-refractivity contribution in [1.82, 2.24) is 14.8 Å². The summed E-state index contributed by atoms with van der Waals surface area (Å²) in [4.78, 5) is 4.43. The predicted molar refractivity (Wildman–Crippen MR) is 76.6 cm³/mol. The Labute approximate surface area is 112 Å². The fourth-order valence-electron chi connectivity index (χ4n) is 2.19. The van der Waals surface area contributed by atoms with E-state index in [0.29, 0.717) is 0 Å². The maximum atomic E-state index is 4.43. The Balaban J connectivity index is 2.08. The molecule has 0 atom stereocenters. The summed E-state index contributed by atoms with van der Waals surface area (Å²) in [6.45, 7) is 2.08. The van der Waals surface area contributed by atoms with Gasteiger partial charge in [0.25, 0.3) is 0 Å². The molecule has 19 heavy (non-hydrogen) atoms. The third-order valence-corrected chi connectivity index (χ3v) is 3.19. The van der Waals surface area contributed by atoms with Crippen LogP contribution in [0.15, 0.2) is 54.9 Å². The topological polar surface area (TPSA) is 30.7 Å². The van der Waals surface area contributed by atoms with Crippen LogP contribution in [-0.4, -0.2) is 14.8 Å². The third-order valence-electron chi connectivity index (χ3n) is 3.19. The SMILES string of the molecule is Cc1ccnc(-c2cccc(-c3ccnn3C)c2)c1. The number of rotatable bonds is 2. The number of hydrogen-bond acceptors (Lipinski definition) is 2. The minimum absolute atomic E-state index is 1.00. The highest BCUT2D eigenvalue weighted by atomic mass is 15.2. The normalized spacial score (nSPS) is 10.6. The van der Waals surface area contributed by atoms with Crippen LogP contribution in [0.1, 0.15) is 5.56 Å². The molecule has 3 nitrogen and oxygen atoms in total. The van der Waals surface area contributed by atoms with E-state index in [2.05, 4.69) is 47.3 Å². The zero-order valence-electron chi connectivity index (χ0n) is 11.0. The first kappa shape index (κ1) is 11.7. The third kappa shape index (κ3) is 2.27. The van der Waals surface area contributed by atoms with Gasteiger partial charge in [-0.1, -0.05) is 18.2 Å². The van der Waals surface area contributed by atoms with Gasteiger partial charge in [-0.25, -0.2) is 0 Å². The zero-order chi connectivity index (χ0) is 13.2. The molecule has 0 aliphatic carbocycles. The van der Waals surface area contributed by atoms with Crippen LogP contribution in [0.5, 0.6) is 0 Å². The van der Waals surface area contributed by atoms with Crippen molar-refractivity contribution in [1.29, 1.82) is 0 Å². The number of pyridine rings is 1. The molecule has 0 unspecified atom stereocenters. The van der Waals surface area contributed by atoms with Crippen molar-refractivity contribution < 1.29 is 0 Å². The number of aromatic nitrogens is 3. The molecule has 2 aromatic heterocycles. The highest BCUT2D eigenvalue weighted by Gasteiger charge is 2.05. The molecular weight excluding hydrogens is 234 g/mol. The number of benzene rings is 1. The molecule has 94 valence electrons. The quantitative estimate of drug-likeness (QED) is 0.696. The molecule has 0 amide bonds. The number of nitrogens with zero attached hydrogens (tertiary/aromatic N) is 3. The highest BCUT2D eigenvalue weighted by Crippen LogP contribution is 2.25. The van der Waals surface area contributed by atoms with Gasteiger partial charge in [0.15, 0.2) is 0 Å². The summed E-state index contributed by atoms with van der Waals surface area (Å²) in [5.41, 5.74) is 5.61. The first-order valence-electron chi connectivity index (χ1n) is 6.25. The van der Waals surface area contributed by atoms with Crippen LogP contribution in [0.4, 0.5) is 0 Å². The van der Waals surface area contributed by atoms with E-state index in [1.807, 2.05) is 36.3 Å². The molecule has 1 aromatic carbocycles. The molecule has 0 aliphatic rings. The van der Waals surface area contributed by atoms with E-state index >= 15 is 0 Å². The van der Waals surface area contributed by atoms with Crippen LogP contribution >= 0.6 is 0 Å². The molecular formula is C16H15N3. The molecule has 2 heterocycles. The average molecular weight is 249 g/mol. The van der Waals surface area contributed by atoms with Crippen molar-refractivity contribution in [3.63, 3.8) is 0 Å². The summed E-state index contributed by atoms with van der Waals surface area (Å²) < 4.78 is 1.88. The van der Waals surface area contributed by atoms with Gasteiger partial charge in [0.1, 0.15) is 0 Å².